The summed E-state index contributed by atoms with van der Waals surface area (Å²) in [5.41, 5.74) is -1.20. The van der Waals surface area contributed by atoms with Crippen LogP contribution in [0.5, 0.6) is 0 Å². The van der Waals surface area contributed by atoms with Crippen molar-refractivity contribution in [1.82, 2.24) is 9.13 Å². The number of hydrogen-bond donors (Lipinski definition) is 0. The van der Waals surface area contributed by atoms with E-state index < -0.39 is 23.0 Å². The summed E-state index contributed by atoms with van der Waals surface area (Å²) in [6.07, 6.45) is -4.25. The summed E-state index contributed by atoms with van der Waals surface area (Å²) in [7, 11) is 2.88. The Morgan fingerprint density at radius 3 is 2.37 bits per heavy atom. The van der Waals surface area contributed by atoms with Gasteiger partial charge < -0.3 is 0 Å². The zero-order valence-corrected chi connectivity index (χ0v) is 15.1. The van der Waals surface area contributed by atoms with Crippen molar-refractivity contribution in [3.8, 4) is 0 Å². The molecule has 1 aliphatic rings. The fraction of sp³-hybridized carbons (Fsp3) is 0.294. The lowest BCUT2D eigenvalue weighted by Gasteiger charge is -2.07. The van der Waals surface area contributed by atoms with Crippen LogP contribution in [-0.4, -0.2) is 25.7 Å². The molecule has 0 unspecified atom stereocenters. The number of carbonyl (C=O) groups excluding carboxylic acids is 1. The molecule has 2 heterocycles. The van der Waals surface area contributed by atoms with E-state index in [0.29, 0.717) is 10.6 Å². The summed E-state index contributed by atoms with van der Waals surface area (Å²) >= 11 is 1.10. The molecule has 10 heteroatoms. The van der Waals surface area contributed by atoms with Gasteiger partial charge in [0, 0.05) is 26.1 Å². The van der Waals surface area contributed by atoms with Crippen LogP contribution in [0.15, 0.2) is 38.8 Å². The number of thioether (sulfide) groups is 1. The minimum atomic E-state index is -4.46. The van der Waals surface area contributed by atoms with Gasteiger partial charge in [-0.25, -0.2) is 9.79 Å². The zero-order valence-electron chi connectivity index (χ0n) is 14.3. The second-order valence-corrected chi connectivity index (χ2v) is 7.03. The largest absolute Gasteiger partial charge is 0.416 e. The van der Waals surface area contributed by atoms with Crippen LogP contribution < -0.4 is 11.2 Å². The number of nitrogens with zero attached hydrogens (tertiary/aromatic N) is 3. The Bertz CT molecular complexity index is 1070. The molecule has 0 atom stereocenters. The third kappa shape index (κ3) is 3.61. The maximum Gasteiger partial charge on any atom is 0.416 e. The average molecular weight is 397 g/mol. The maximum atomic E-state index is 12.6. The molecule has 1 aromatic carbocycles. The molecule has 0 radical (unpaired) electrons. The van der Waals surface area contributed by atoms with Crippen LogP contribution in [0.25, 0.3) is 0 Å². The van der Waals surface area contributed by atoms with Crippen molar-refractivity contribution in [2.24, 2.45) is 19.1 Å². The van der Waals surface area contributed by atoms with Crippen molar-refractivity contribution < 1.29 is 18.0 Å². The van der Waals surface area contributed by atoms with Crippen LogP contribution in [0.3, 0.4) is 0 Å². The molecular formula is C17H14F3N3O3S. The van der Waals surface area contributed by atoms with Gasteiger partial charge >= 0.3 is 11.9 Å². The van der Waals surface area contributed by atoms with Crippen molar-refractivity contribution >= 4 is 28.4 Å². The normalized spacial score (nSPS) is 13.4. The standard InChI is InChI=1S/C17H14F3N3O3S/c1-22-14-11(15(25)23(2)16(22)26)7-13(21-14)27-8-12(24)9-3-5-10(6-4-9)17(18,19)20/h3-6H,7-8H2,1-2H3. The molecule has 27 heavy (non-hydrogen) atoms. The number of alkyl halides is 3. The molecule has 0 bridgehead atoms. The lowest BCUT2D eigenvalue weighted by molar-refractivity contribution is -0.137. The first-order valence-electron chi connectivity index (χ1n) is 7.79. The summed E-state index contributed by atoms with van der Waals surface area (Å²) in [4.78, 5) is 40.5. The summed E-state index contributed by atoms with van der Waals surface area (Å²) in [5.74, 6) is -0.117. The number of fused-ring (bicyclic) bond motifs is 1. The number of rotatable bonds is 3. The van der Waals surface area contributed by atoms with Crippen LogP contribution in [0.4, 0.5) is 19.0 Å². The topological polar surface area (TPSA) is 73.4 Å². The van der Waals surface area contributed by atoms with E-state index in [2.05, 4.69) is 4.99 Å². The van der Waals surface area contributed by atoms with E-state index in [1.54, 1.807) is 0 Å². The molecule has 2 aromatic rings. The number of Topliss-reactive ketones (excluding diaryl/α,β-unsaturated/α-hetero) is 1. The van der Waals surface area contributed by atoms with E-state index in [0.717, 1.165) is 40.6 Å². The number of halogens is 3. The van der Waals surface area contributed by atoms with Crippen LogP contribution in [0.2, 0.25) is 0 Å². The van der Waals surface area contributed by atoms with Crippen LogP contribution in [-0.2, 0) is 26.7 Å². The highest BCUT2D eigenvalue weighted by Crippen LogP contribution is 2.30. The molecular weight excluding hydrogens is 383 g/mol. The predicted octanol–water partition coefficient (Wildman–Crippen LogP) is 2.31. The molecule has 0 amide bonds. The molecule has 6 nitrogen and oxygen atoms in total. The lowest BCUT2D eigenvalue weighted by Crippen LogP contribution is -2.38. The molecule has 1 aliphatic heterocycles. The monoisotopic (exact) mass is 397 g/mol. The van der Waals surface area contributed by atoms with Gasteiger partial charge in [-0.2, -0.15) is 13.2 Å². The predicted molar refractivity (Wildman–Crippen MR) is 96.0 cm³/mol. The van der Waals surface area contributed by atoms with Crippen molar-refractivity contribution in [1.29, 1.82) is 0 Å². The molecule has 3 rings (SSSR count). The van der Waals surface area contributed by atoms with Crippen molar-refractivity contribution in [2.45, 2.75) is 12.6 Å². The third-order valence-electron chi connectivity index (χ3n) is 4.19. The van der Waals surface area contributed by atoms with Gasteiger partial charge in [0.15, 0.2) is 5.78 Å². The number of aromatic nitrogens is 2. The summed E-state index contributed by atoms with van der Waals surface area (Å²) in [6.45, 7) is 0. The molecule has 142 valence electrons. The van der Waals surface area contributed by atoms with Gasteiger partial charge in [0.05, 0.1) is 21.9 Å². The highest BCUT2D eigenvalue weighted by atomic mass is 32.2. The van der Waals surface area contributed by atoms with Crippen LogP contribution >= 0.6 is 11.8 Å². The Morgan fingerprint density at radius 2 is 1.78 bits per heavy atom. The molecule has 1 aromatic heterocycles. The number of carbonyl (C=O) groups is 1. The van der Waals surface area contributed by atoms with E-state index in [1.165, 1.54) is 18.7 Å². The van der Waals surface area contributed by atoms with Gasteiger partial charge in [0.2, 0.25) is 0 Å². The summed E-state index contributed by atoms with van der Waals surface area (Å²) < 4.78 is 40.0. The number of benzene rings is 1. The molecule has 0 fully saturated rings. The smallest absolute Gasteiger partial charge is 0.293 e. The quantitative estimate of drug-likeness (QED) is 0.745. The van der Waals surface area contributed by atoms with Gasteiger partial charge in [-0.05, 0) is 12.1 Å². The third-order valence-corrected chi connectivity index (χ3v) is 5.16. The van der Waals surface area contributed by atoms with E-state index >= 15 is 0 Å². The highest BCUT2D eigenvalue weighted by Gasteiger charge is 2.30. The molecule has 0 N–H and O–H groups in total. The lowest BCUT2D eigenvalue weighted by atomic mass is 10.1. The summed E-state index contributed by atoms with van der Waals surface area (Å²) in [6, 6.07) is 3.99. The second kappa shape index (κ2) is 6.84. The van der Waals surface area contributed by atoms with Crippen LogP contribution in [0.1, 0.15) is 21.5 Å². The van der Waals surface area contributed by atoms with Gasteiger partial charge in [0.1, 0.15) is 5.82 Å². The SMILES string of the molecule is Cn1c2c(c(=O)n(C)c1=O)CC(SCC(=O)c1ccc(C(F)(F)F)cc1)=N2. The minimum absolute atomic E-state index is 0.0353. The summed E-state index contributed by atoms with van der Waals surface area (Å²) in [5, 5.41) is 0.503. The first kappa shape index (κ1) is 19.2. The Hall–Kier alpha value is -2.62. The zero-order chi connectivity index (χ0) is 19.9. The number of ketones is 1. The van der Waals surface area contributed by atoms with E-state index in [9.17, 15) is 27.6 Å². The molecule has 0 spiro atoms. The van der Waals surface area contributed by atoms with Crippen molar-refractivity contribution in [3.05, 3.63) is 61.8 Å². The van der Waals surface area contributed by atoms with Gasteiger partial charge in [-0.3, -0.25) is 18.7 Å². The van der Waals surface area contributed by atoms with Gasteiger partial charge in [-0.1, -0.05) is 12.1 Å². The average Bonchev–Trinajstić information content (AvgIpc) is 3.06. The minimum Gasteiger partial charge on any atom is -0.293 e. The van der Waals surface area contributed by atoms with E-state index in [-0.39, 0.29) is 29.3 Å². The fourth-order valence-electron chi connectivity index (χ4n) is 2.67. The Balaban J connectivity index is 1.72. The molecule has 0 saturated heterocycles. The Kier molecular flexibility index (Phi) is 4.85. The van der Waals surface area contributed by atoms with E-state index in [4.69, 9.17) is 0 Å². The Labute approximate surface area is 155 Å². The first-order valence-corrected chi connectivity index (χ1v) is 8.78. The number of hydrogen-bond acceptors (Lipinski definition) is 5. The number of aliphatic imine (C=N–C) groups is 1. The van der Waals surface area contributed by atoms with Gasteiger partial charge in [-0.15, -0.1) is 11.8 Å². The van der Waals surface area contributed by atoms with Crippen molar-refractivity contribution in [3.63, 3.8) is 0 Å². The highest BCUT2D eigenvalue weighted by molar-refractivity contribution is 8.14. The maximum absolute atomic E-state index is 12.6. The second-order valence-electron chi connectivity index (χ2n) is 5.98. The Morgan fingerprint density at radius 1 is 1.15 bits per heavy atom. The molecule has 0 aliphatic carbocycles. The van der Waals surface area contributed by atoms with E-state index in [1.807, 2.05) is 0 Å². The van der Waals surface area contributed by atoms with Gasteiger partial charge in [0.25, 0.3) is 5.56 Å². The van der Waals surface area contributed by atoms with Crippen molar-refractivity contribution in [2.75, 3.05) is 5.75 Å². The first-order chi connectivity index (χ1) is 12.6. The molecule has 0 saturated carbocycles. The fourth-order valence-corrected chi connectivity index (χ4v) is 3.53. The van der Waals surface area contributed by atoms with Crippen LogP contribution in [0, 0.1) is 0 Å².